The molecule has 0 aliphatic carbocycles. The van der Waals surface area contributed by atoms with Crippen molar-refractivity contribution in [3.8, 4) is 5.75 Å². The van der Waals surface area contributed by atoms with Gasteiger partial charge in [-0.2, -0.15) is 0 Å². The van der Waals surface area contributed by atoms with Crippen molar-refractivity contribution in [1.29, 1.82) is 0 Å². The third-order valence-corrected chi connectivity index (χ3v) is 3.85. The second-order valence-electron chi connectivity index (χ2n) is 5.42. The van der Waals surface area contributed by atoms with Crippen molar-refractivity contribution < 1.29 is 14.3 Å². The molecule has 1 N–H and O–H groups in total. The maximum atomic E-state index is 12.0. The van der Waals surface area contributed by atoms with Crippen molar-refractivity contribution >= 4 is 17.5 Å². The van der Waals surface area contributed by atoms with E-state index in [9.17, 15) is 9.59 Å². The zero-order chi connectivity index (χ0) is 16.2. The summed E-state index contributed by atoms with van der Waals surface area (Å²) in [5, 5.41) is 2.90. The number of anilines is 1. The third-order valence-electron chi connectivity index (χ3n) is 3.85. The molecule has 0 fully saturated rings. The van der Waals surface area contributed by atoms with Crippen LogP contribution < -0.4 is 15.0 Å². The minimum absolute atomic E-state index is 0.0629. The average molecular weight is 310 g/mol. The van der Waals surface area contributed by atoms with Crippen LogP contribution in [-0.4, -0.2) is 32.0 Å². The molecule has 0 atom stereocenters. The van der Waals surface area contributed by atoms with Crippen LogP contribution in [0.4, 0.5) is 5.69 Å². The van der Waals surface area contributed by atoms with Crippen LogP contribution in [0.15, 0.2) is 48.5 Å². The number of hydrogen-bond donors (Lipinski definition) is 1. The van der Waals surface area contributed by atoms with Gasteiger partial charge >= 0.3 is 0 Å². The molecule has 0 saturated carbocycles. The molecule has 1 aliphatic rings. The number of ether oxygens (including phenoxy) is 1. The van der Waals surface area contributed by atoms with Crippen LogP contribution in [0.25, 0.3) is 0 Å². The molecule has 3 rings (SSSR count). The molecule has 0 spiro atoms. The van der Waals surface area contributed by atoms with Gasteiger partial charge in [-0.3, -0.25) is 9.59 Å². The number of nitrogens with one attached hydrogen (secondary N) is 1. The van der Waals surface area contributed by atoms with Gasteiger partial charge < -0.3 is 15.0 Å². The zero-order valence-electron chi connectivity index (χ0n) is 12.9. The van der Waals surface area contributed by atoms with Gasteiger partial charge in [-0.15, -0.1) is 0 Å². The van der Waals surface area contributed by atoms with E-state index in [1.165, 1.54) is 0 Å². The lowest BCUT2D eigenvalue weighted by molar-refractivity contribution is -0.120. The molecular weight excluding hydrogens is 292 g/mol. The van der Waals surface area contributed by atoms with Crippen molar-refractivity contribution in [3.63, 3.8) is 0 Å². The molecular formula is C18H18N2O3. The largest absolute Gasteiger partial charge is 0.482 e. The molecule has 5 heteroatoms. The van der Waals surface area contributed by atoms with Gasteiger partial charge in [0.1, 0.15) is 5.75 Å². The smallest absolute Gasteiger partial charge is 0.264 e. The normalized spacial score (nSPS) is 13.3. The fraction of sp³-hybridized carbons (Fsp3) is 0.222. The average Bonchev–Trinajstić information content (AvgIpc) is 2.59. The van der Waals surface area contributed by atoms with Gasteiger partial charge in [0.25, 0.3) is 11.8 Å². The first-order valence-corrected chi connectivity index (χ1v) is 7.50. The predicted octanol–water partition coefficient (Wildman–Crippen LogP) is 2.01. The fourth-order valence-corrected chi connectivity index (χ4v) is 2.49. The highest BCUT2D eigenvalue weighted by atomic mass is 16.5. The Morgan fingerprint density at radius 3 is 2.78 bits per heavy atom. The Morgan fingerprint density at radius 1 is 1.22 bits per heavy atom. The third kappa shape index (κ3) is 3.34. The summed E-state index contributed by atoms with van der Waals surface area (Å²) in [5.41, 5.74) is 2.46. The Hall–Kier alpha value is -2.82. The number of rotatable bonds is 4. The van der Waals surface area contributed by atoms with E-state index in [0.717, 1.165) is 11.3 Å². The predicted molar refractivity (Wildman–Crippen MR) is 87.8 cm³/mol. The minimum Gasteiger partial charge on any atom is -0.482 e. The summed E-state index contributed by atoms with van der Waals surface area (Å²) in [7, 11) is 1.74. The van der Waals surface area contributed by atoms with Crippen LogP contribution in [0.2, 0.25) is 0 Å². The van der Waals surface area contributed by atoms with E-state index >= 15 is 0 Å². The lowest BCUT2D eigenvalue weighted by atomic mass is 10.1. The van der Waals surface area contributed by atoms with E-state index in [2.05, 4.69) is 5.32 Å². The molecule has 0 radical (unpaired) electrons. The van der Waals surface area contributed by atoms with Crippen LogP contribution in [0, 0.1) is 0 Å². The van der Waals surface area contributed by atoms with E-state index in [4.69, 9.17) is 4.74 Å². The van der Waals surface area contributed by atoms with Crippen LogP contribution in [0.3, 0.4) is 0 Å². The van der Waals surface area contributed by atoms with Gasteiger partial charge in [0.05, 0.1) is 5.69 Å². The van der Waals surface area contributed by atoms with Crippen LogP contribution in [0.5, 0.6) is 5.75 Å². The Balaban J connectivity index is 1.61. The topological polar surface area (TPSA) is 58.6 Å². The van der Waals surface area contributed by atoms with Crippen molar-refractivity contribution in [2.24, 2.45) is 0 Å². The lowest BCUT2D eigenvalue weighted by Crippen LogP contribution is -2.35. The number of fused-ring (bicyclic) bond motifs is 1. The summed E-state index contributed by atoms with van der Waals surface area (Å²) in [4.78, 5) is 25.3. The van der Waals surface area contributed by atoms with Gasteiger partial charge in [-0.1, -0.05) is 24.3 Å². The SMILES string of the molecule is CN1C(=O)COc2ccc(CCNC(=O)c3ccccc3)cc21. The molecule has 1 aliphatic heterocycles. The second kappa shape index (κ2) is 6.52. The summed E-state index contributed by atoms with van der Waals surface area (Å²) in [5.74, 6) is 0.565. The Labute approximate surface area is 134 Å². The highest BCUT2D eigenvalue weighted by Gasteiger charge is 2.22. The van der Waals surface area contributed by atoms with Crippen molar-refractivity contribution in [3.05, 3.63) is 59.7 Å². The summed E-state index contributed by atoms with van der Waals surface area (Å²) >= 11 is 0. The Bertz CT molecular complexity index is 728. The molecule has 0 bridgehead atoms. The molecule has 23 heavy (non-hydrogen) atoms. The van der Waals surface area contributed by atoms with Crippen molar-refractivity contribution in [2.45, 2.75) is 6.42 Å². The fourth-order valence-electron chi connectivity index (χ4n) is 2.49. The van der Waals surface area contributed by atoms with Crippen LogP contribution in [0.1, 0.15) is 15.9 Å². The quantitative estimate of drug-likeness (QED) is 0.940. The van der Waals surface area contributed by atoms with E-state index in [1.807, 2.05) is 36.4 Å². The molecule has 2 aromatic carbocycles. The molecule has 0 saturated heterocycles. The molecule has 2 aromatic rings. The number of carbonyl (C=O) groups is 2. The maximum Gasteiger partial charge on any atom is 0.264 e. The Kier molecular flexibility index (Phi) is 4.28. The highest BCUT2D eigenvalue weighted by molar-refractivity contribution is 5.97. The molecule has 1 heterocycles. The number of likely N-dealkylation sites (N-methyl/N-ethyl adjacent to an activating group) is 1. The molecule has 0 unspecified atom stereocenters. The molecule has 118 valence electrons. The number of nitrogens with zero attached hydrogens (tertiary/aromatic N) is 1. The van der Waals surface area contributed by atoms with Crippen LogP contribution >= 0.6 is 0 Å². The number of hydrogen-bond acceptors (Lipinski definition) is 3. The van der Waals surface area contributed by atoms with Gasteiger partial charge in [0.15, 0.2) is 6.61 Å². The van der Waals surface area contributed by atoms with Gasteiger partial charge in [0, 0.05) is 19.2 Å². The number of carbonyl (C=O) groups excluding carboxylic acids is 2. The first kappa shape index (κ1) is 15.1. The Morgan fingerprint density at radius 2 is 2.00 bits per heavy atom. The van der Waals surface area contributed by atoms with E-state index in [1.54, 1.807) is 24.1 Å². The first-order valence-electron chi connectivity index (χ1n) is 7.50. The van der Waals surface area contributed by atoms with Crippen molar-refractivity contribution in [2.75, 3.05) is 25.1 Å². The monoisotopic (exact) mass is 310 g/mol. The maximum absolute atomic E-state index is 12.0. The molecule has 2 amide bonds. The van der Waals surface area contributed by atoms with Gasteiger partial charge in [-0.05, 0) is 36.2 Å². The van der Waals surface area contributed by atoms with Crippen molar-refractivity contribution in [1.82, 2.24) is 5.32 Å². The number of amides is 2. The highest BCUT2D eigenvalue weighted by Crippen LogP contribution is 2.31. The minimum atomic E-state index is -0.0841. The molecule has 5 nitrogen and oxygen atoms in total. The van der Waals surface area contributed by atoms with Gasteiger partial charge in [-0.25, -0.2) is 0 Å². The second-order valence-corrected chi connectivity index (χ2v) is 5.42. The van der Waals surface area contributed by atoms with E-state index in [-0.39, 0.29) is 18.4 Å². The van der Waals surface area contributed by atoms with Crippen LogP contribution in [-0.2, 0) is 11.2 Å². The van der Waals surface area contributed by atoms with E-state index < -0.39 is 0 Å². The van der Waals surface area contributed by atoms with Gasteiger partial charge in [0.2, 0.25) is 0 Å². The summed E-state index contributed by atoms with van der Waals surface area (Å²) in [6.45, 7) is 0.612. The number of benzene rings is 2. The molecule has 0 aromatic heterocycles. The first-order chi connectivity index (χ1) is 11.1. The zero-order valence-corrected chi connectivity index (χ0v) is 12.9. The summed E-state index contributed by atoms with van der Waals surface area (Å²) < 4.78 is 5.40. The summed E-state index contributed by atoms with van der Waals surface area (Å²) in [6, 6.07) is 14.9. The van der Waals surface area contributed by atoms with E-state index in [0.29, 0.717) is 24.3 Å². The standard InChI is InChI=1S/C18H18N2O3/c1-20-15-11-13(7-8-16(15)23-12-17(20)21)9-10-19-18(22)14-5-3-2-4-6-14/h2-8,11H,9-10,12H2,1H3,(H,19,22). The summed E-state index contributed by atoms with van der Waals surface area (Å²) in [6.07, 6.45) is 0.688. The lowest BCUT2D eigenvalue weighted by Gasteiger charge is -2.26.